The molecule has 1 rings (SSSR count). The summed E-state index contributed by atoms with van der Waals surface area (Å²) in [7, 11) is 0. The molecule has 94 valence electrons. The number of primary amides is 1. The second kappa shape index (κ2) is 6.31. The van der Waals surface area contributed by atoms with Gasteiger partial charge in [0.25, 0.3) is 5.91 Å². The van der Waals surface area contributed by atoms with Crippen LogP contribution >= 0.6 is 11.3 Å². The summed E-state index contributed by atoms with van der Waals surface area (Å²) in [5, 5.41) is 5.17. The zero-order chi connectivity index (χ0) is 12.8. The molecule has 0 aliphatic heterocycles. The number of nitrogens with zero attached hydrogens (tertiary/aromatic N) is 1. The SMILES string of the molecule is CC(CC(N)=O)NC(=O)c1csc(CCN)n1. The summed E-state index contributed by atoms with van der Waals surface area (Å²) in [6, 6.07) is -0.292. The summed E-state index contributed by atoms with van der Waals surface area (Å²) in [4.78, 5) is 26.5. The Hall–Kier alpha value is -1.47. The van der Waals surface area contributed by atoms with Crippen LogP contribution in [0.3, 0.4) is 0 Å². The molecular weight excluding hydrogens is 240 g/mol. The van der Waals surface area contributed by atoms with Crippen molar-refractivity contribution in [3.8, 4) is 0 Å². The predicted octanol–water partition coefficient (Wildman–Crippen LogP) is -0.362. The van der Waals surface area contributed by atoms with E-state index < -0.39 is 5.91 Å². The number of hydrogen-bond donors (Lipinski definition) is 3. The predicted molar refractivity (Wildman–Crippen MR) is 65.6 cm³/mol. The Labute approximate surface area is 103 Å². The highest BCUT2D eigenvalue weighted by atomic mass is 32.1. The lowest BCUT2D eigenvalue weighted by molar-refractivity contribution is -0.118. The van der Waals surface area contributed by atoms with Gasteiger partial charge in [-0.05, 0) is 13.5 Å². The van der Waals surface area contributed by atoms with Gasteiger partial charge in [-0.15, -0.1) is 11.3 Å². The van der Waals surface area contributed by atoms with Crippen LogP contribution in [0.1, 0.15) is 28.8 Å². The number of carbonyl (C=O) groups is 2. The fraction of sp³-hybridized carbons (Fsp3) is 0.500. The molecule has 0 saturated carbocycles. The quantitative estimate of drug-likeness (QED) is 0.645. The topological polar surface area (TPSA) is 111 Å². The van der Waals surface area contributed by atoms with Crippen LogP contribution in [0.5, 0.6) is 0 Å². The molecular formula is C10H16N4O2S. The average molecular weight is 256 g/mol. The van der Waals surface area contributed by atoms with E-state index in [1.165, 1.54) is 11.3 Å². The summed E-state index contributed by atoms with van der Waals surface area (Å²) < 4.78 is 0. The van der Waals surface area contributed by atoms with Crippen molar-refractivity contribution in [1.29, 1.82) is 0 Å². The smallest absolute Gasteiger partial charge is 0.270 e. The van der Waals surface area contributed by atoms with Crippen molar-refractivity contribution in [1.82, 2.24) is 10.3 Å². The van der Waals surface area contributed by atoms with Gasteiger partial charge in [0.2, 0.25) is 5.91 Å². The molecule has 1 aromatic rings. The number of nitrogens with one attached hydrogen (secondary N) is 1. The normalized spacial score (nSPS) is 12.1. The van der Waals surface area contributed by atoms with Gasteiger partial charge >= 0.3 is 0 Å². The lowest BCUT2D eigenvalue weighted by Crippen LogP contribution is -2.35. The van der Waals surface area contributed by atoms with E-state index in [1.54, 1.807) is 12.3 Å². The molecule has 0 aliphatic rings. The van der Waals surface area contributed by atoms with Crippen LogP contribution in [0.25, 0.3) is 0 Å². The molecule has 0 spiro atoms. The first-order chi connectivity index (χ1) is 8.02. The number of carbonyl (C=O) groups excluding carboxylic acids is 2. The van der Waals surface area contributed by atoms with Crippen molar-refractivity contribution >= 4 is 23.2 Å². The second-order valence-corrected chi connectivity index (χ2v) is 4.65. The van der Waals surface area contributed by atoms with E-state index in [1.807, 2.05) is 0 Å². The highest BCUT2D eigenvalue weighted by Crippen LogP contribution is 2.10. The highest BCUT2D eigenvalue weighted by molar-refractivity contribution is 7.09. The third kappa shape index (κ3) is 4.49. The average Bonchev–Trinajstić information content (AvgIpc) is 2.65. The molecule has 0 saturated heterocycles. The minimum absolute atomic E-state index is 0.117. The van der Waals surface area contributed by atoms with Gasteiger partial charge in [-0.3, -0.25) is 9.59 Å². The van der Waals surface area contributed by atoms with Crippen LogP contribution in [0.15, 0.2) is 5.38 Å². The van der Waals surface area contributed by atoms with E-state index in [-0.39, 0.29) is 18.4 Å². The summed E-state index contributed by atoms with van der Waals surface area (Å²) in [6.07, 6.45) is 0.778. The van der Waals surface area contributed by atoms with Crippen molar-refractivity contribution in [3.05, 3.63) is 16.1 Å². The number of thiazole rings is 1. The maximum Gasteiger partial charge on any atom is 0.270 e. The molecule has 0 aliphatic carbocycles. The van der Waals surface area contributed by atoms with Crippen molar-refractivity contribution in [2.75, 3.05) is 6.54 Å². The molecule has 6 nitrogen and oxygen atoms in total. The number of rotatable bonds is 6. The van der Waals surface area contributed by atoms with Crippen molar-refractivity contribution in [2.24, 2.45) is 11.5 Å². The van der Waals surface area contributed by atoms with Gasteiger partial charge in [0.1, 0.15) is 5.69 Å². The van der Waals surface area contributed by atoms with E-state index in [2.05, 4.69) is 10.3 Å². The Bertz CT molecular complexity index is 405. The molecule has 7 heteroatoms. The molecule has 5 N–H and O–H groups in total. The Morgan fingerprint density at radius 1 is 1.59 bits per heavy atom. The highest BCUT2D eigenvalue weighted by Gasteiger charge is 2.14. The van der Waals surface area contributed by atoms with E-state index in [4.69, 9.17) is 11.5 Å². The molecule has 2 amide bonds. The zero-order valence-corrected chi connectivity index (χ0v) is 10.4. The standard InChI is InChI=1S/C10H16N4O2S/c1-6(4-8(12)15)13-10(16)7-5-17-9(14-7)2-3-11/h5-6H,2-4,11H2,1H3,(H2,12,15)(H,13,16). The third-order valence-corrected chi connectivity index (χ3v) is 2.94. The fourth-order valence-corrected chi connectivity index (χ4v) is 2.10. The number of aromatic nitrogens is 1. The van der Waals surface area contributed by atoms with E-state index >= 15 is 0 Å². The summed E-state index contributed by atoms with van der Waals surface area (Å²) in [6.45, 7) is 2.22. The molecule has 0 bridgehead atoms. The minimum Gasteiger partial charge on any atom is -0.370 e. The molecule has 0 fully saturated rings. The van der Waals surface area contributed by atoms with Crippen LogP contribution in [0.2, 0.25) is 0 Å². The molecule has 1 atom stereocenters. The summed E-state index contributed by atoms with van der Waals surface area (Å²) in [5.41, 5.74) is 10.8. The van der Waals surface area contributed by atoms with Gasteiger partial charge in [-0.2, -0.15) is 0 Å². The van der Waals surface area contributed by atoms with Gasteiger partial charge in [0, 0.05) is 24.3 Å². The first-order valence-electron chi connectivity index (χ1n) is 5.26. The Morgan fingerprint density at radius 2 is 2.29 bits per heavy atom. The van der Waals surface area contributed by atoms with Crippen LogP contribution in [0.4, 0.5) is 0 Å². The lowest BCUT2D eigenvalue weighted by Gasteiger charge is -2.10. The molecule has 0 radical (unpaired) electrons. The van der Waals surface area contributed by atoms with Gasteiger partial charge in [-0.1, -0.05) is 0 Å². The maximum absolute atomic E-state index is 11.7. The van der Waals surface area contributed by atoms with Gasteiger partial charge in [-0.25, -0.2) is 4.98 Å². The van der Waals surface area contributed by atoms with Crippen molar-refractivity contribution in [2.45, 2.75) is 25.8 Å². The number of amides is 2. The number of nitrogens with two attached hydrogens (primary N) is 2. The van der Waals surface area contributed by atoms with Crippen molar-refractivity contribution in [3.63, 3.8) is 0 Å². The molecule has 17 heavy (non-hydrogen) atoms. The third-order valence-electron chi connectivity index (χ3n) is 2.03. The maximum atomic E-state index is 11.7. The van der Waals surface area contributed by atoms with Crippen LogP contribution in [-0.2, 0) is 11.2 Å². The lowest BCUT2D eigenvalue weighted by atomic mass is 10.2. The van der Waals surface area contributed by atoms with E-state index in [0.29, 0.717) is 18.7 Å². The zero-order valence-electron chi connectivity index (χ0n) is 9.60. The van der Waals surface area contributed by atoms with Crippen molar-refractivity contribution < 1.29 is 9.59 Å². The van der Waals surface area contributed by atoms with E-state index in [9.17, 15) is 9.59 Å². The number of hydrogen-bond acceptors (Lipinski definition) is 5. The largest absolute Gasteiger partial charge is 0.370 e. The Morgan fingerprint density at radius 3 is 2.88 bits per heavy atom. The molecule has 1 heterocycles. The first kappa shape index (κ1) is 13.6. The van der Waals surface area contributed by atoms with Gasteiger partial charge < -0.3 is 16.8 Å². The second-order valence-electron chi connectivity index (χ2n) is 3.71. The van der Waals surface area contributed by atoms with Crippen LogP contribution in [0, 0.1) is 0 Å². The minimum atomic E-state index is -0.445. The fourth-order valence-electron chi connectivity index (χ4n) is 1.30. The molecule has 0 aromatic carbocycles. The molecule has 1 unspecified atom stereocenters. The first-order valence-corrected chi connectivity index (χ1v) is 6.14. The summed E-state index contributed by atoms with van der Waals surface area (Å²) >= 11 is 1.40. The monoisotopic (exact) mass is 256 g/mol. The van der Waals surface area contributed by atoms with Gasteiger partial charge in [0.05, 0.1) is 5.01 Å². The Balaban J connectivity index is 2.54. The molecule has 1 aromatic heterocycles. The van der Waals surface area contributed by atoms with Gasteiger partial charge in [0.15, 0.2) is 0 Å². The Kier molecular flexibility index (Phi) is 5.05. The van der Waals surface area contributed by atoms with Crippen LogP contribution in [-0.4, -0.2) is 29.4 Å². The van der Waals surface area contributed by atoms with Crippen LogP contribution < -0.4 is 16.8 Å². The summed E-state index contributed by atoms with van der Waals surface area (Å²) in [5.74, 6) is -0.738. The van der Waals surface area contributed by atoms with E-state index in [0.717, 1.165) is 5.01 Å².